The Balaban J connectivity index is 1.30. The van der Waals surface area contributed by atoms with Crippen LogP contribution in [0.25, 0.3) is 11.3 Å². The lowest BCUT2D eigenvalue weighted by Gasteiger charge is -2.08. The number of thiazole rings is 1. The van der Waals surface area contributed by atoms with Gasteiger partial charge in [0.25, 0.3) is 0 Å². The zero-order chi connectivity index (χ0) is 18.2. The molecule has 1 saturated heterocycles. The summed E-state index contributed by atoms with van der Waals surface area (Å²) >= 11 is 1.67. The van der Waals surface area contributed by atoms with Gasteiger partial charge in [-0.05, 0) is 38.2 Å². The molecule has 0 aliphatic carbocycles. The number of aryl methyl sites for hydroxylation is 1. The molecule has 1 fully saturated rings. The van der Waals surface area contributed by atoms with Crippen LogP contribution in [0, 0.1) is 6.92 Å². The molecular weight excluding hydrogens is 380 g/mol. The van der Waals surface area contributed by atoms with Crippen LogP contribution in [0.3, 0.4) is 0 Å². The molecule has 0 bridgehead atoms. The average Bonchev–Trinajstić information content (AvgIpc) is 3.31. The predicted octanol–water partition coefficient (Wildman–Crippen LogP) is 5.49. The maximum atomic E-state index is 11.9. The second-order valence-electron chi connectivity index (χ2n) is 6.62. The normalized spacial score (nSPS) is 16.7. The molecule has 1 aromatic heterocycles. The van der Waals surface area contributed by atoms with Crippen LogP contribution in [-0.4, -0.2) is 28.4 Å². The van der Waals surface area contributed by atoms with Crippen molar-refractivity contribution in [2.75, 3.05) is 12.3 Å². The van der Waals surface area contributed by atoms with E-state index in [0.29, 0.717) is 13.0 Å². The van der Waals surface area contributed by atoms with Gasteiger partial charge < -0.3 is 5.32 Å². The molecule has 3 nitrogen and oxygen atoms in total. The van der Waals surface area contributed by atoms with Gasteiger partial charge in [0.15, 0.2) is 0 Å². The fourth-order valence-electron chi connectivity index (χ4n) is 2.99. The van der Waals surface area contributed by atoms with Crippen LogP contribution in [0.4, 0.5) is 0 Å². The summed E-state index contributed by atoms with van der Waals surface area (Å²) in [5, 5.41) is 7.05. The Morgan fingerprint density at radius 2 is 2.12 bits per heavy atom. The van der Waals surface area contributed by atoms with Gasteiger partial charge in [0.1, 0.15) is 0 Å². The van der Waals surface area contributed by atoms with E-state index in [0.717, 1.165) is 34.4 Å². The van der Waals surface area contributed by atoms with Crippen molar-refractivity contribution >= 4 is 38.8 Å². The van der Waals surface area contributed by atoms with Crippen molar-refractivity contribution in [3.8, 4) is 11.3 Å². The van der Waals surface area contributed by atoms with Crippen molar-refractivity contribution in [2.45, 2.75) is 50.7 Å². The van der Waals surface area contributed by atoms with Crippen molar-refractivity contribution in [1.82, 2.24) is 10.3 Å². The van der Waals surface area contributed by atoms with Gasteiger partial charge in [-0.1, -0.05) is 52.3 Å². The van der Waals surface area contributed by atoms with Crippen molar-refractivity contribution < 1.29 is 4.79 Å². The summed E-state index contributed by atoms with van der Waals surface area (Å²) in [6.07, 6.45) is 6.31. The Morgan fingerprint density at radius 1 is 1.27 bits per heavy atom. The predicted molar refractivity (Wildman–Crippen MR) is 116 cm³/mol. The van der Waals surface area contributed by atoms with E-state index in [1.807, 2.05) is 28.5 Å². The van der Waals surface area contributed by atoms with Gasteiger partial charge in [0.05, 0.1) is 10.7 Å². The van der Waals surface area contributed by atoms with Crippen LogP contribution in [-0.2, 0) is 11.2 Å². The van der Waals surface area contributed by atoms with Crippen molar-refractivity contribution in [3.63, 3.8) is 0 Å². The molecule has 26 heavy (non-hydrogen) atoms. The van der Waals surface area contributed by atoms with Crippen LogP contribution < -0.4 is 5.32 Å². The number of benzene rings is 1. The summed E-state index contributed by atoms with van der Waals surface area (Å²) in [7, 11) is 4.02. The van der Waals surface area contributed by atoms with E-state index in [4.69, 9.17) is 0 Å². The molecule has 1 aromatic carbocycles. The molecule has 1 N–H and O–H groups in total. The fourth-order valence-corrected chi connectivity index (χ4v) is 6.64. The van der Waals surface area contributed by atoms with E-state index in [9.17, 15) is 4.79 Å². The number of nitrogens with zero attached hydrogens (tertiary/aromatic N) is 1. The number of amides is 1. The van der Waals surface area contributed by atoms with Gasteiger partial charge >= 0.3 is 0 Å². The molecule has 6 heteroatoms. The number of hydrogen-bond donors (Lipinski definition) is 1. The number of unbranched alkanes of at least 4 members (excludes halogenated alkanes) is 1. The largest absolute Gasteiger partial charge is 0.356 e. The summed E-state index contributed by atoms with van der Waals surface area (Å²) in [5.41, 5.74) is 3.44. The van der Waals surface area contributed by atoms with Gasteiger partial charge in [0.2, 0.25) is 5.91 Å². The zero-order valence-corrected chi connectivity index (χ0v) is 17.7. The molecule has 0 radical (unpaired) electrons. The molecule has 3 rings (SSSR count). The topological polar surface area (TPSA) is 42.0 Å². The molecular formula is C20H26N2OS3. The van der Waals surface area contributed by atoms with Crippen molar-refractivity contribution in [2.24, 2.45) is 0 Å². The minimum Gasteiger partial charge on any atom is -0.356 e. The highest BCUT2D eigenvalue weighted by atomic mass is 33.1. The maximum absolute atomic E-state index is 11.9. The Labute approximate surface area is 168 Å². The van der Waals surface area contributed by atoms with Gasteiger partial charge in [-0.2, -0.15) is 0 Å². The van der Waals surface area contributed by atoms with E-state index in [1.54, 1.807) is 11.3 Å². The second kappa shape index (κ2) is 10.4. The van der Waals surface area contributed by atoms with E-state index >= 15 is 0 Å². The molecule has 2 aromatic rings. The molecule has 0 saturated carbocycles. The summed E-state index contributed by atoms with van der Waals surface area (Å²) in [6.45, 7) is 2.74. The zero-order valence-electron chi connectivity index (χ0n) is 15.2. The highest BCUT2D eigenvalue weighted by Gasteiger charge is 2.15. The van der Waals surface area contributed by atoms with Gasteiger partial charge in [-0.3, -0.25) is 4.79 Å². The van der Waals surface area contributed by atoms with Crippen molar-refractivity contribution in [3.05, 3.63) is 40.2 Å². The average molecular weight is 407 g/mol. The Kier molecular flexibility index (Phi) is 7.89. The lowest BCUT2D eigenvalue weighted by molar-refractivity contribution is -0.121. The van der Waals surface area contributed by atoms with E-state index in [1.165, 1.54) is 30.6 Å². The van der Waals surface area contributed by atoms with Crippen LogP contribution in [0.15, 0.2) is 29.6 Å². The molecule has 1 aliphatic rings. The summed E-state index contributed by atoms with van der Waals surface area (Å²) in [5.74, 6) is 1.48. The monoisotopic (exact) mass is 406 g/mol. The Bertz CT molecular complexity index is 693. The lowest BCUT2D eigenvalue weighted by Crippen LogP contribution is -2.25. The first kappa shape index (κ1) is 19.8. The van der Waals surface area contributed by atoms with Crippen LogP contribution >= 0.6 is 32.9 Å². The molecule has 1 aliphatic heterocycles. The first-order valence-electron chi connectivity index (χ1n) is 9.27. The summed E-state index contributed by atoms with van der Waals surface area (Å²) in [4.78, 5) is 16.5. The van der Waals surface area contributed by atoms with Crippen LogP contribution in [0.1, 0.15) is 42.7 Å². The third-order valence-corrected chi connectivity index (χ3v) is 8.29. The highest BCUT2D eigenvalue weighted by molar-refractivity contribution is 8.77. The number of carbonyl (C=O) groups is 1. The number of aromatic nitrogens is 1. The minimum atomic E-state index is 0.188. The Morgan fingerprint density at radius 3 is 2.81 bits per heavy atom. The smallest absolute Gasteiger partial charge is 0.220 e. The van der Waals surface area contributed by atoms with Gasteiger partial charge in [-0.25, -0.2) is 4.98 Å². The third-order valence-electron chi connectivity index (χ3n) is 4.51. The van der Waals surface area contributed by atoms with E-state index in [2.05, 4.69) is 39.9 Å². The molecule has 140 valence electrons. The molecule has 0 spiro atoms. The van der Waals surface area contributed by atoms with Crippen molar-refractivity contribution in [1.29, 1.82) is 0 Å². The van der Waals surface area contributed by atoms with E-state index in [-0.39, 0.29) is 5.91 Å². The SMILES string of the molecule is Cc1nc(-c2ccc(CCNC(=O)CCCCC3CCSS3)cc2)cs1. The van der Waals surface area contributed by atoms with Crippen LogP contribution in [0.5, 0.6) is 0 Å². The number of nitrogens with one attached hydrogen (secondary N) is 1. The van der Waals surface area contributed by atoms with E-state index < -0.39 is 0 Å². The summed E-state index contributed by atoms with van der Waals surface area (Å²) in [6, 6.07) is 8.50. The standard InChI is InChI=1S/C20H26N2OS3/c1-15-22-19(14-24-15)17-8-6-16(7-9-17)10-12-21-20(23)5-3-2-4-18-11-13-25-26-18/h6-9,14,18H,2-5,10-13H2,1H3,(H,21,23). The first-order valence-corrected chi connectivity index (χ1v) is 12.5. The maximum Gasteiger partial charge on any atom is 0.220 e. The lowest BCUT2D eigenvalue weighted by atomic mass is 10.1. The quantitative estimate of drug-likeness (QED) is 0.441. The molecule has 1 amide bonds. The second-order valence-corrected chi connectivity index (χ2v) is 10.5. The molecule has 1 unspecified atom stereocenters. The number of hydrogen-bond acceptors (Lipinski definition) is 5. The summed E-state index contributed by atoms with van der Waals surface area (Å²) < 4.78 is 0. The first-order chi connectivity index (χ1) is 12.7. The van der Waals surface area contributed by atoms with Crippen LogP contribution in [0.2, 0.25) is 0 Å². The molecule has 1 atom stereocenters. The molecule has 2 heterocycles. The number of carbonyl (C=O) groups excluding carboxylic acids is 1. The third kappa shape index (κ3) is 6.32. The fraction of sp³-hybridized carbons (Fsp3) is 0.500. The van der Waals surface area contributed by atoms with Gasteiger partial charge in [0, 0.05) is 34.9 Å². The highest BCUT2D eigenvalue weighted by Crippen LogP contribution is 2.39. The Hall–Kier alpha value is -0.980. The van der Waals surface area contributed by atoms with Gasteiger partial charge in [-0.15, -0.1) is 11.3 Å². The minimum absolute atomic E-state index is 0.188. The number of rotatable bonds is 9.